The second-order valence-corrected chi connectivity index (χ2v) is 5.06. The average molecular weight is 243 g/mol. The lowest BCUT2D eigenvalue weighted by atomic mass is 9.98. The third kappa shape index (κ3) is 3.72. The van der Waals surface area contributed by atoms with Crippen LogP contribution in [0.15, 0.2) is 0 Å². The summed E-state index contributed by atoms with van der Waals surface area (Å²) in [5, 5.41) is 8.87. The van der Waals surface area contributed by atoms with Gasteiger partial charge in [-0.25, -0.2) is 9.69 Å². The fourth-order valence-electron chi connectivity index (χ4n) is 1.54. The summed E-state index contributed by atoms with van der Waals surface area (Å²) >= 11 is 0. The van der Waals surface area contributed by atoms with Crippen LogP contribution in [0.1, 0.15) is 33.6 Å². The number of nitrogens with zero attached hydrogens (tertiary/aromatic N) is 1. The van der Waals surface area contributed by atoms with Gasteiger partial charge in [0.05, 0.1) is 5.92 Å². The van der Waals surface area contributed by atoms with E-state index in [0.717, 1.165) is 4.90 Å². The third-order valence-electron chi connectivity index (χ3n) is 2.37. The molecule has 1 aliphatic heterocycles. The van der Waals surface area contributed by atoms with Gasteiger partial charge in [0.25, 0.3) is 0 Å². The Kier molecular flexibility index (Phi) is 3.75. The summed E-state index contributed by atoms with van der Waals surface area (Å²) in [6.45, 7) is 4.96. The molecule has 2 amide bonds. The number of ether oxygens (including phenoxy) is 1. The predicted octanol–water partition coefficient (Wildman–Crippen LogP) is 1.24. The van der Waals surface area contributed by atoms with E-state index in [9.17, 15) is 14.4 Å². The van der Waals surface area contributed by atoms with Crippen LogP contribution in [0, 0.1) is 5.92 Å². The number of rotatable bonds is 1. The van der Waals surface area contributed by atoms with Gasteiger partial charge in [0.15, 0.2) is 0 Å². The largest absolute Gasteiger partial charge is 0.481 e. The Balaban J connectivity index is 2.70. The Morgan fingerprint density at radius 3 is 2.47 bits per heavy atom. The first-order valence-corrected chi connectivity index (χ1v) is 5.47. The fourth-order valence-corrected chi connectivity index (χ4v) is 1.54. The van der Waals surface area contributed by atoms with Crippen LogP contribution in [0.4, 0.5) is 4.79 Å². The van der Waals surface area contributed by atoms with E-state index in [4.69, 9.17) is 9.84 Å². The Hall–Kier alpha value is -1.59. The molecule has 1 aliphatic rings. The Labute approximate surface area is 99.5 Å². The maximum atomic E-state index is 11.7. The van der Waals surface area contributed by atoms with Gasteiger partial charge in [0.2, 0.25) is 5.91 Å². The molecule has 1 saturated heterocycles. The highest BCUT2D eigenvalue weighted by Crippen LogP contribution is 2.20. The normalized spacial score (nSPS) is 21.2. The Bertz CT molecular complexity index is 344. The highest BCUT2D eigenvalue weighted by Gasteiger charge is 2.35. The summed E-state index contributed by atoms with van der Waals surface area (Å²) in [7, 11) is 0. The molecule has 0 radical (unpaired) electrons. The number of carbonyl (C=O) groups is 3. The van der Waals surface area contributed by atoms with Gasteiger partial charge in [-0.05, 0) is 27.2 Å². The first-order valence-electron chi connectivity index (χ1n) is 5.47. The molecule has 6 heteroatoms. The van der Waals surface area contributed by atoms with E-state index in [1.54, 1.807) is 20.8 Å². The van der Waals surface area contributed by atoms with Crippen LogP contribution < -0.4 is 0 Å². The van der Waals surface area contributed by atoms with Crippen LogP contribution in [0.5, 0.6) is 0 Å². The SMILES string of the molecule is CC(C)(C)OC(=O)N1CC(C(=O)O)CCC1=O. The molecule has 0 spiro atoms. The number of aliphatic carboxylic acids is 1. The highest BCUT2D eigenvalue weighted by atomic mass is 16.6. The van der Waals surface area contributed by atoms with Gasteiger partial charge in [-0.3, -0.25) is 9.59 Å². The number of hydrogen-bond acceptors (Lipinski definition) is 4. The van der Waals surface area contributed by atoms with E-state index >= 15 is 0 Å². The van der Waals surface area contributed by atoms with Gasteiger partial charge in [-0.2, -0.15) is 0 Å². The molecular weight excluding hydrogens is 226 g/mol. The highest BCUT2D eigenvalue weighted by molar-refractivity contribution is 5.93. The monoisotopic (exact) mass is 243 g/mol. The second kappa shape index (κ2) is 4.73. The summed E-state index contributed by atoms with van der Waals surface area (Å²) in [5.74, 6) is -2.07. The lowest BCUT2D eigenvalue weighted by Crippen LogP contribution is -2.47. The number of amides is 2. The summed E-state index contributed by atoms with van der Waals surface area (Å²) in [4.78, 5) is 34.9. The minimum atomic E-state index is -0.994. The molecule has 1 rings (SSSR count). The smallest absolute Gasteiger partial charge is 0.417 e. The van der Waals surface area contributed by atoms with Crippen molar-refractivity contribution in [1.82, 2.24) is 4.90 Å². The lowest BCUT2D eigenvalue weighted by molar-refractivity contribution is -0.146. The van der Waals surface area contributed by atoms with Crippen LogP contribution in [-0.4, -0.2) is 40.1 Å². The van der Waals surface area contributed by atoms with Crippen molar-refractivity contribution in [3.8, 4) is 0 Å². The topological polar surface area (TPSA) is 83.9 Å². The number of carbonyl (C=O) groups excluding carboxylic acids is 2. The maximum absolute atomic E-state index is 11.7. The van der Waals surface area contributed by atoms with Crippen molar-refractivity contribution in [2.24, 2.45) is 5.92 Å². The van der Waals surface area contributed by atoms with E-state index < -0.39 is 23.6 Å². The van der Waals surface area contributed by atoms with Gasteiger partial charge in [0.1, 0.15) is 5.60 Å². The number of carboxylic acids is 1. The minimum absolute atomic E-state index is 0.0657. The van der Waals surface area contributed by atoms with Gasteiger partial charge >= 0.3 is 12.1 Å². The van der Waals surface area contributed by atoms with Crippen molar-refractivity contribution >= 4 is 18.0 Å². The van der Waals surface area contributed by atoms with Crippen LogP contribution in [0.2, 0.25) is 0 Å². The van der Waals surface area contributed by atoms with Crippen molar-refractivity contribution < 1.29 is 24.2 Å². The Morgan fingerprint density at radius 2 is 2.00 bits per heavy atom. The van der Waals surface area contributed by atoms with E-state index in [-0.39, 0.29) is 25.3 Å². The minimum Gasteiger partial charge on any atom is -0.481 e. The zero-order valence-corrected chi connectivity index (χ0v) is 10.2. The van der Waals surface area contributed by atoms with Crippen molar-refractivity contribution in [3.63, 3.8) is 0 Å². The van der Waals surface area contributed by atoms with Crippen LogP contribution in [0.3, 0.4) is 0 Å². The standard InChI is InChI=1S/C11H17NO5/c1-11(2,3)17-10(16)12-6-7(9(14)15)4-5-8(12)13/h7H,4-6H2,1-3H3,(H,14,15). The molecule has 0 aromatic heterocycles. The predicted molar refractivity (Wildman–Crippen MR) is 58.3 cm³/mol. The molecule has 0 aliphatic carbocycles. The molecule has 6 nitrogen and oxygen atoms in total. The molecule has 1 heterocycles. The summed E-state index contributed by atoms with van der Waals surface area (Å²) < 4.78 is 5.05. The number of likely N-dealkylation sites (tertiary alicyclic amines) is 1. The first kappa shape index (κ1) is 13.5. The number of imide groups is 1. The van der Waals surface area contributed by atoms with Crippen LogP contribution in [0.25, 0.3) is 0 Å². The summed E-state index contributed by atoms with van der Waals surface area (Å²) in [6, 6.07) is 0. The van der Waals surface area contributed by atoms with E-state index in [2.05, 4.69) is 0 Å². The maximum Gasteiger partial charge on any atom is 0.417 e. The quantitative estimate of drug-likeness (QED) is 0.749. The lowest BCUT2D eigenvalue weighted by Gasteiger charge is -2.31. The van der Waals surface area contributed by atoms with Crippen molar-refractivity contribution in [2.45, 2.75) is 39.2 Å². The zero-order chi connectivity index (χ0) is 13.2. The molecule has 1 N–H and O–H groups in total. The van der Waals surface area contributed by atoms with Gasteiger partial charge in [0, 0.05) is 13.0 Å². The van der Waals surface area contributed by atoms with Gasteiger partial charge in [-0.15, -0.1) is 0 Å². The van der Waals surface area contributed by atoms with Crippen LogP contribution in [-0.2, 0) is 14.3 Å². The third-order valence-corrected chi connectivity index (χ3v) is 2.37. The van der Waals surface area contributed by atoms with Crippen LogP contribution >= 0.6 is 0 Å². The molecule has 0 aromatic rings. The number of piperidine rings is 1. The summed E-state index contributed by atoms with van der Waals surface area (Å²) in [5.41, 5.74) is -0.701. The average Bonchev–Trinajstić information content (AvgIpc) is 2.14. The van der Waals surface area contributed by atoms with E-state index in [1.807, 2.05) is 0 Å². The molecule has 96 valence electrons. The molecule has 1 fully saturated rings. The van der Waals surface area contributed by atoms with Crippen molar-refractivity contribution in [1.29, 1.82) is 0 Å². The fraction of sp³-hybridized carbons (Fsp3) is 0.727. The van der Waals surface area contributed by atoms with E-state index in [0.29, 0.717) is 0 Å². The molecule has 1 atom stereocenters. The Morgan fingerprint density at radius 1 is 1.41 bits per heavy atom. The molecule has 17 heavy (non-hydrogen) atoms. The summed E-state index contributed by atoms with van der Waals surface area (Å²) in [6.07, 6.45) is -0.433. The van der Waals surface area contributed by atoms with Crippen molar-refractivity contribution in [3.05, 3.63) is 0 Å². The first-order chi connectivity index (χ1) is 7.70. The molecular formula is C11H17NO5. The molecule has 0 aromatic carbocycles. The zero-order valence-electron chi connectivity index (χ0n) is 10.2. The number of hydrogen-bond donors (Lipinski definition) is 1. The van der Waals surface area contributed by atoms with Gasteiger partial charge < -0.3 is 9.84 Å². The second-order valence-electron chi connectivity index (χ2n) is 5.06. The van der Waals surface area contributed by atoms with Gasteiger partial charge in [-0.1, -0.05) is 0 Å². The number of carboxylic acid groups (broad SMARTS) is 1. The molecule has 0 bridgehead atoms. The molecule has 0 saturated carbocycles. The van der Waals surface area contributed by atoms with Crippen molar-refractivity contribution in [2.75, 3.05) is 6.54 Å². The van der Waals surface area contributed by atoms with E-state index in [1.165, 1.54) is 0 Å². The molecule has 1 unspecified atom stereocenters.